The van der Waals surface area contributed by atoms with E-state index in [0.29, 0.717) is 6.54 Å². The van der Waals surface area contributed by atoms with Crippen molar-refractivity contribution in [3.8, 4) is 5.75 Å². The van der Waals surface area contributed by atoms with E-state index in [1.54, 1.807) is 13.3 Å². The normalized spacial score (nSPS) is 13.6. The number of nitrogens with one attached hydrogen (secondary N) is 1. The number of methoxy groups -OCH3 is 1. The summed E-state index contributed by atoms with van der Waals surface area (Å²) < 4.78 is 5.11. The van der Waals surface area contributed by atoms with E-state index >= 15 is 0 Å². The number of hydrogen-bond acceptors (Lipinski definition) is 4. The summed E-state index contributed by atoms with van der Waals surface area (Å²) in [4.78, 5) is 14.2. The van der Waals surface area contributed by atoms with Gasteiger partial charge in [-0.05, 0) is 54.3 Å². The van der Waals surface area contributed by atoms with Gasteiger partial charge in [0.15, 0.2) is 0 Å². The lowest BCUT2D eigenvalue weighted by molar-refractivity contribution is -0.119. The number of aryl methyl sites for hydroxylation is 1. The van der Waals surface area contributed by atoms with Gasteiger partial charge in [0.25, 0.3) is 5.91 Å². The first kappa shape index (κ1) is 16.1. The van der Waals surface area contributed by atoms with E-state index in [1.165, 1.54) is 5.56 Å². The molecule has 5 nitrogen and oxygen atoms in total. The molecule has 1 amide bonds. The van der Waals surface area contributed by atoms with Gasteiger partial charge in [-0.1, -0.05) is 18.2 Å². The Morgan fingerprint density at radius 1 is 1.25 bits per heavy atom. The summed E-state index contributed by atoms with van der Waals surface area (Å²) in [5.41, 5.74) is 5.95. The van der Waals surface area contributed by atoms with Crippen molar-refractivity contribution in [2.24, 2.45) is 5.10 Å². The van der Waals surface area contributed by atoms with Gasteiger partial charge < -0.3 is 9.64 Å². The number of carbonyl (C=O) groups excluding carboxylic acids is 1. The summed E-state index contributed by atoms with van der Waals surface area (Å²) in [7, 11) is 1.63. The summed E-state index contributed by atoms with van der Waals surface area (Å²) in [5, 5.41) is 4.03. The number of anilines is 1. The van der Waals surface area contributed by atoms with E-state index in [4.69, 9.17) is 4.74 Å². The van der Waals surface area contributed by atoms with Crippen LogP contribution in [-0.4, -0.2) is 32.3 Å². The van der Waals surface area contributed by atoms with Crippen LogP contribution in [0.25, 0.3) is 0 Å². The molecule has 0 bridgehead atoms. The molecule has 24 heavy (non-hydrogen) atoms. The number of hydrogen-bond donors (Lipinski definition) is 1. The van der Waals surface area contributed by atoms with Crippen LogP contribution < -0.4 is 15.1 Å². The second-order valence-electron chi connectivity index (χ2n) is 5.72. The van der Waals surface area contributed by atoms with Gasteiger partial charge in [-0.3, -0.25) is 4.79 Å². The predicted molar refractivity (Wildman–Crippen MR) is 95.7 cm³/mol. The number of para-hydroxylation sites is 1. The zero-order valence-electron chi connectivity index (χ0n) is 13.7. The van der Waals surface area contributed by atoms with Crippen LogP contribution in [0.15, 0.2) is 53.6 Å². The standard InChI is InChI=1S/C19H21N3O2/c1-24-17-10-8-15(9-11-17)13-20-21-19(23)14-22-12-4-6-16-5-2-3-7-18(16)22/h2-3,5,7-11,13H,4,6,12,14H2,1H3,(H,21,23)/b20-13+. The lowest BCUT2D eigenvalue weighted by Gasteiger charge is -2.30. The van der Waals surface area contributed by atoms with Crippen LogP contribution in [0.3, 0.4) is 0 Å². The van der Waals surface area contributed by atoms with Crippen molar-refractivity contribution in [1.29, 1.82) is 0 Å². The van der Waals surface area contributed by atoms with Crippen LogP contribution in [0.2, 0.25) is 0 Å². The summed E-state index contributed by atoms with van der Waals surface area (Å²) in [6.45, 7) is 1.21. The van der Waals surface area contributed by atoms with Crippen molar-refractivity contribution in [3.63, 3.8) is 0 Å². The largest absolute Gasteiger partial charge is 0.497 e. The molecule has 2 aromatic carbocycles. The van der Waals surface area contributed by atoms with E-state index in [2.05, 4.69) is 27.6 Å². The van der Waals surface area contributed by atoms with E-state index in [-0.39, 0.29) is 5.91 Å². The highest BCUT2D eigenvalue weighted by atomic mass is 16.5. The Morgan fingerprint density at radius 3 is 2.83 bits per heavy atom. The van der Waals surface area contributed by atoms with Crippen molar-refractivity contribution in [2.75, 3.05) is 25.1 Å². The maximum absolute atomic E-state index is 12.1. The number of hydrazone groups is 1. The van der Waals surface area contributed by atoms with Crippen LogP contribution >= 0.6 is 0 Å². The molecule has 5 heteroatoms. The number of carbonyl (C=O) groups is 1. The van der Waals surface area contributed by atoms with Gasteiger partial charge >= 0.3 is 0 Å². The molecule has 1 aliphatic heterocycles. The molecule has 0 fully saturated rings. The third kappa shape index (κ3) is 3.93. The third-order valence-electron chi connectivity index (χ3n) is 4.06. The lowest BCUT2D eigenvalue weighted by atomic mass is 10.0. The Labute approximate surface area is 141 Å². The Balaban J connectivity index is 1.55. The number of nitrogens with zero attached hydrogens (tertiary/aromatic N) is 2. The minimum atomic E-state index is -0.114. The molecule has 124 valence electrons. The molecule has 1 aliphatic rings. The predicted octanol–water partition coefficient (Wildman–Crippen LogP) is 2.60. The van der Waals surface area contributed by atoms with E-state index in [0.717, 1.165) is 36.4 Å². The zero-order valence-corrected chi connectivity index (χ0v) is 13.7. The molecule has 0 saturated heterocycles. The average Bonchev–Trinajstić information content (AvgIpc) is 2.63. The molecule has 1 N–H and O–H groups in total. The van der Waals surface area contributed by atoms with Crippen molar-refractivity contribution in [2.45, 2.75) is 12.8 Å². The fourth-order valence-corrected chi connectivity index (χ4v) is 2.85. The van der Waals surface area contributed by atoms with Crippen molar-refractivity contribution >= 4 is 17.8 Å². The summed E-state index contributed by atoms with van der Waals surface area (Å²) in [6.07, 6.45) is 3.77. The molecule has 2 aromatic rings. The van der Waals surface area contributed by atoms with Crippen LogP contribution in [0.4, 0.5) is 5.69 Å². The molecule has 0 radical (unpaired) electrons. The Morgan fingerprint density at radius 2 is 2.04 bits per heavy atom. The maximum atomic E-state index is 12.1. The van der Waals surface area contributed by atoms with Gasteiger partial charge in [-0.15, -0.1) is 0 Å². The molecule has 0 aromatic heterocycles. The SMILES string of the molecule is COc1ccc(/C=N/NC(=O)CN2CCCc3ccccc32)cc1. The highest BCUT2D eigenvalue weighted by Gasteiger charge is 2.18. The topological polar surface area (TPSA) is 53.9 Å². The minimum Gasteiger partial charge on any atom is -0.497 e. The second-order valence-corrected chi connectivity index (χ2v) is 5.72. The van der Waals surface area contributed by atoms with E-state index in [9.17, 15) is 4.79 Å². The monoisotopic (exact) mass is 323 g/mol. The average molecular weight is 323 g/mol. The lowest BCUT2D eigenvalue weighted by Crippen LogP contribution is -2.38. The molecule has 0 atom stereocenters. The first-order valence-electron chi connectivity index (χ1n) is 8.05. The van der Waals surface area contributed by atoms with Gasteiger partial charge in [-0.25, -0.2) is 5.43 Å². The number of fused-ring (bicyclic) bond motifs is 1. The fourth-order valence-electron chi connectivity index (χ4n) is 2.85. The molecule has 0 aliphatic carbocycles. The smallest absolute Gasteiger partial charge is 0.259 e. The maximum Gasteiger partial charge on any atom is 0.259 e. The minimum absolute atomic E-state index is 0.114. The highest BCUT2D eigenvalue weighted by Crippen LogP contribution is 2.26. The third-order valence-corrected chi connectivity index (χ3v) is 4.06. The van der Waals surface area contributed by atoms with Crippen LogP contribution in [-0.2, 0) is 11.2 Å². The summed E-state index contributed by atoms with van der Waals surface area (Å²) >= 11 is 0. The number of benzene rings is 2. The molecule has 0 saturated carbocycles. The molecule has 0 spiro atoms. The molecular weight excluding hydrogens is 302 g/mol. The van der Waals surface area contributed by atoms with E-state index in [1.807, 2.05) is 36.4 Å². The van der Waals surface area contributed by atoms with E-state index < -0.39 is 0 Å². The van der Waals surface area contributed by atoms with Gasteiger partial charge in [0.1, 0.15) is 5.75 Å². The Kier molecular flexibility index (Phi) is 5.11. The van der Waals surface area contributed by atoms with Crippen LogP contribution in [0, 0.1) is 0 Å². The van der Waals surface area contributed by atoms with Crippen molar-refractivity contribution in [3.05, 3.63) is 59.7 Å². The molecule has 0 unspecified atom stereocenters. The summed E-state index contributed by atoms with van der Waals surface area (Å²) in [5.74, 6) is 0.677. The molecular formula is C19H21N3O2. The first-order valence-corrected chi connectivity index (χ1v) is 8.05. The second kappa shape index (κ2) is 7.64. The van der Waals surface area contributed by atoms with Gasteiger partial charge in [0.05, 0.1) is 19.9 Å². The number of rotatable bonds is 5. The number of amides is 1. The van der Waals surface area contributed by atoms with Crippen molar-refractivity contribution < 1.29 is 9.53 Å². The van der Waals surface area contributed by atoms with Crippen molar-refractivity contribution in [1.82, 2.24) is 5.43 Å². The van der Waals surface area contributed by atoms with Gasteiger partial charge in [0, 0.05) is 12.2 Å². The van der Waals surface area contributed by atoms with Crippen LogP contribution in [0.5, 0.6) is 5.75 Å². The van der Waals surface area contributed by atoms with Crippen LogP contribution in [0.1, 0.15) is 17.5 Å². The van der Waals surface area contributed by atoms with Gasteiger partial charge in [-0.2, -0.15) is 5.10 Å². The fraction of sp³-hybridized carbons (Fsp3) is 0.263. The first-order chi connectivity index (χ1) is 11.8. The zero-order chi connectivity index (χ0) is 16.8. The Hall–Kier alpha value is -2.82. The van der Waals surface area contributed by atoms with Gasteiger partial charge in [0.2, 0.25) is 0 Å². The molecule has 3 rings (SSSR count). The number of ether oxygens (including phenoxy) is 1. The molecule has 1 heterocycles. The highest BCUT2D eigenvalue weighted by molar-refractivity contribution is 5.85. The summed E-state index contributed by atoms with van der Waals surface area (Å²) in [6, 6.07) is 15.7. The Bertz CT molecular complexity index is 726. The quantitative estimate of drug-likeness (QED) is 0.680.